The fraction of sp³-hybridized carbons (Fsp3) is 0.174. The Morgan fingerprint density at radius 1 is 1.28 bits per heavy atom. The van der Waals surface area contributed by atoms with Gasteiger partial charge in [-0.2, -0.15) is 0 Å². The third kappa shape index (κ3) is 3.23. The second-order valence-electron chi connectivity index (χ2n) is 7.12. The Morgan fingerprint density at radius 3 is 2.90 bits per heavy atom. The van der Waals surface area contributed by atoms with Crippen LogP contribution in [0.25, 0.3) is 22.9 Å². The highest BCUT2D eigenvalue weighted by Crippen LogP contribution is 2.38. The first-order valence-electron chi connectivity index (χ1n) is 9.51. The molecule has 4 rings (SSSR count). The van der Waals surface area contributed by atoms with E-state index in [1.807, 2.05) is 6.08 Å². The molecule has 1 aliphatic heterocycles. The van der Waals surface area contributed by atoms with Gasteiger partial charge in [-0.25, -0.2) is 15.0 Å². The molecular formula is C23H24N6. The van der Waals surface area contributed by atoms with Gasteiger partial charge in [0.05, 0.1) is 12.4 Å². The Morgan fingerprint density at radius 2 is 2.10 bits per heavy atom. The Labute approximate surface area is 170 Å². The number of hydrogen-bond donors (Lipinski definition) is 2. The number of imidazole rings is 1. The predicted octanol–water partition coefficient (Wildman–Crippen LogP) is 4.88. The molecule has 29 heavy (non-hydrogen) atoms. The number of aryl methyl sites for hydroxylation is 1. The minimum Gasteiger partial charge on any atom is -0.360 e. The minimum atomic E-state index is -0.0463. The number of aromatic amines is 1. The van der Waals surface area contributed by atoms with Crippen LogP contribution in [0.2, 0.25) is 0 Å². The summed E-state index contributed by atoms with van der Waals surface area (Å²) in [5.74, 6) is 0.715. The molecule has 0 radical (unpaired) electrons. The number of allylic oxidation sites excluding steroid dienone is 3. The average Bonchev–Trinajstić information content (AvgIpc) is 3.17. The zero-order valence-corrected chi connectivity index (χ0v) is 16.9. The zero-order valence-electron chi connectivity index (χ0n) is 16.9. The van der Waals surface area contributed by atoms with Crippen molar-refractivity contribution in [2.45, 2.75) is 26.8 Å². The van der Waals surface area contributed by atoms with E-state index in [1.54, 1.807) is 12.4 Å². The minimum absolute atomic E-state index is 0.0463. The molecule has 3 heterocycles. The molecule has 0 saturated heterocycles. The van der Waals surface area contributed by atoms with Crippen molar-refractivity contribution in [1.29, 1.82) is 0 Å². The Balaban J connectivity index is 1.79. The number of anilines is 1. The van der Waals surface area contributed by atoms with E-state index in [0.29, 0.717) is 11.5 Å². The van der Waals surface area contributed by atoms with E-state index in [4.69, 9.17) is 0 Å². The fourth-order valence-corrected chi connectivity index (χ4v) is 3.83. The van der Waals surface area contributed by atoms with E-state index in [2.05, 4.69) is 88.4 Å². The van der Waals surface area contributed by atoms with Gasteiger partial charge in [0.2, 0.25) is 0 Å². The molecule has 0 amide bonds. The molecule has 1 unspecified atom stereocenters. The number of nitrogens with zero attached hydrogens (tertiary/aromatic N) is 4. The molecule has 1 aromatic carbocycles. The maximum absolute atomic E-state index is 4.42. The molecule has 146 valence electrons. The van der Waals surface area contributed by atoms with Gasteiger partial charge in [0.15, 0.2) is 11.5 Å². The van der Waals surface area contributed by atoms with Gasteiger partial charge in [-0.3, -0.25) is 0 Å². The van der Waals surface area contributed by atoms with Crippen LogP contribution in [0.1, 0.15) is 30.5 Å². The van der Waals surface area contributed by atoms with Crippen LogP contribution in [0.3, 0.4) is 0 Å². The first kappa shape index (κ1) is 18.7. The van der Waals surface area contributed by atoms with Gasteiger partial charge < -0.3 is 15.2 Å². The summed E-state index contributed by atoms with van der Waals surface area (Å²) in [5.41, 5.74) is 8.04. The lowest BCUT2D eigenvalue weighted by Gasteiger charge is -2.38. The number of aromatic nitrogens is 4. The first-order chi connectivity index (χ1) is 14.0. The molecule has 0 spiro atoms. The molecule has 2 N–H and O–H groups in total. The van der Waals surface area contributed by atoms with E-state index >= 15 is 0 Å². The normalized spacial score (nSPS) is 15.1. The van der Waals surface area contributed by atoms with E-state index in [-0.39, 0.29) is 6.04 Å². The monoisotopic (exact) mass is 384 g/mol. The smallest absolute Gasteiger partial charge is 0.182 e. The molecule has 1 aliphatic rings. The van der Waals surface area contributed by atoms with Crippen LogP contribution in [0, 0.1) is 6.92 Å². The first-order valence-corrected chi connectivity index (χ1v) is 9.51. The van der Waals surface area contributed by atoms with E-state index in [0.717, 1.165) is 28.2 Å². The number of H-pyrrole nitrogens is 1. The Bertz CT molecular complexity index is 1170. The SMILES string of the molecule is C=CC=C(C)N1C(=C)c2c(C)cccc2C=C1C(C)Nc1ncnc2nc[nH]c12. The lowest BCUT2D eigenvalue weighted by atomic mass is 9.92. The molecule has 6 heteroatoms. The molecule has 1 atom stereocenters. The van der Waals surface area contributed by atoms with Gasteiger partial charge in [-0.05, 0) is 44.1 Å². The third-order valence-corrected chi connectivity index (χ3v) is 5.16. The van der Waals surface area contributed by atoms with Crippen LogP contribution in [0.15, 0.2) is 67.6 Å². The van der Waals surface area contributed by atoms with Gasteiger partial charge in [-0.1, -0.05) is 37.4 Å². The van der Waals surface area contributed by atoms with Crippen molar-refractivity contribution in [2.75, 3.05) is 5.32 Å². The summed E-state index contributed by atoms with van der Waals surface area (Å²) in [4.78, 5) is 18.1. The van der Waals surface area contributed by atoms with Crippen LogP contribution in [0.4, 0.5) is 5.82 Å². The standard InChI is InChI=1S/C23H24N6/c1-6-8-15(3)29-17(5)20-14(2)9-7-10-18(20)11-19(29)16(4)28-23-21-22(25-12-24-21)26-13-27-23/h6-13,16H,1,5H2,2-4H3,(H2,24,25,26,27,28). The second-order valence-corrected chi connectivity index (χ2v) is 7.12. The highest BCUT2D eigenvalue weighted by Gasteiger charge is 2.28. The quantitative estimate of drug-likeness (QED) is 0.614. The molecule has 3 aromatic rings. The third-order valence-electron chi connectivity index (χ3n) is 5.16. The lowest BCUT2D eigenvalue weighted by molar-refractivity contribution is 0.559. The average molecular weight is 384 g/mol. The number of nitrogens with one attached hydrogen (secondary N) is 2. The number of rotatable bonds is 5. The predicted molar refractivity (Wildman–Crippen MR) is 119 cm³/mol. The van der Waals surface area contributed by atoms with Gasteiger partial charge >= 0.3 is 0 Å². The molecule has 6 nitrogen and oxygen atoms in total. The highest BCUT2D eigenvalue weighted by atomic mass is 15.2. The molecular weight excluding hydrogens is 360 g/mol. The topological polar surface area (TPSA) is 69.7 Å². The van der Waals surface area contributed by atoms with Crippen molar-refractivity contribution in [3.05, 3.63) is 84.2 Å². The van der Waals surface area contributed by atoms with Crippen molar-refractivity contribution in [1.82, 2.24) is 24.8 Å². The van der Waals surface area contributed by atoms with Crippen molar-refractivity contribution < 1.29 is 0 Å². The summed E-state index contributed by atoms with van der Waals surface area (Å²) in [7, 11) is 0. The van der Waals surface area contributed by atoms with Gasteiger partial charge in [0, 0.05) is 22.7 Å². The number of fused-ring (bicyclic) bond motifs is 2. The maximum Gasteiger partial charge on any atom is 0.182 e. The number of benzene rings is 1. The summed E-state index contributed by atoms with van der Waals surface area (Å²) in [6, 6.07) is 6.27. The molecule has 0 saturated carbocycles. The Hall–Kier alpha value is -3.67. The van der Waals surface area contributed by atoms with Crippen LogP contribution in [0.5, 0.6) is 0 Å². The summed E-state index contributed by atoms with van der Waals surface area (Å²) < 4.78 is 0. The Kier molecular flexibility index (Phi) is 4.76. The highest BCUT2D eigenvalue weighted by molar-refractivity contribution is 5.84. The van der Waals surface area contributed by atoms with E-state index in [9.17, 15) is 0 Å². The summed E-state index contributed by atoms with van der Waals surface area (Å²) >= 11 is 0. The summed E-state index contributed by atoms with van der Waals surface area (Å²) in [6.07, 6.45) is 9.14. The van der Waals surface area contributed by atoms with Crippen molar-refractivity contribution in [3.8, 4) is 0 Å². The van der Waals surface area contributed by atoms with Gasteiger partial charge in [0.1, 0.15) is 11.8 Å². The van der Waals surface area contributed by atoms with Crippen LogP contribution < -0.4 is 5.32 Å². The van der Waals surface area contributed by atoms with Gasteiger partial charge in [-0.15, -0.1) is 0 Å². The lowest BCUT2D eigenvalue weighted by Crippen LogP contribution is -2.33. The van der Waals surface area contributed by atoms with Crippen LogP contribution in [-0.4, -0.2) is 30.9 Å². The molecule has 0 fully saturated rings. The second kappa shape index (κ2) is 7.39. The zero-order chi connectivity index (χ0) is 20.5. The summed E-state index contributed by atoms with van der Waals surface area (Å²) in [6.45, 7) is 14.6. The number of hydrogen-bond acceptors (Lipinski definition) is 5. The van der Waals surface area contributed by atoms with E-state index < -0.39 is 0 Å². The van der Waals surface area contributed by atoms with Crippen molar-refractivity contribution >= 4 is 28.8 Å². The maximum atomic E-state index is 4.42. The summed E-state index contributed by atoms with van der Waals surface area (Å²) in [5, 5.41) is 3.51. The largest absolute Gasteiger partial charge is 0.360 e. The van der Waals surface area contributed by atoms with Gasteiger partial charge in [0.25, 0.3) is 0 Å². The fourth-order valence-electron chi connectivity index (χ4n) is 3.83. The van der Waals surface area contributed by atoms with E-state index in [1.165, 1.54) is 17.5 Å². The molecule has 0 bridgehead atoms. The van der Waals surface area contributed by atoms with Crippen molar-refractivity contribution in [3.63, 3.8) is 0 Å². The molecule has 2 aromatic heterocycles. The van der Waals surface area contributed by atoms with Crippen LogP contribution >= 0.6 is 0 Å². The van der Waals surface area contributed by atoms with Crippen LogP contribution in [-0.2, 0) is 0 Å². The molecule has 0 aliphatic carbocycles. The van der Waals surface area contributed by atoms with Crippen molar-refractivity contribution in [2.24, 2.45) is 0 Å².